The molecule has 5 rings (SSSR count). The van der Waals surface area contributed by atoms with Crippen molar-refractivity contribution >= 4 is 46.6 Å². The lowest BCUT2D eigenvalue weighted by atomic mass is 10.0. The SMILES string of the molecule is O=C1C(=Cc2ccccc2OCc2ccc(F)cc2)C(=O)N(c2ccccc2)C(=S)N1c1ccccc1. The zero-order chi connectivity index (χ0) is 25.8. The van der Waals surface area contributed by atoms with Gasteiger partial charge in [-0.15, -0.1) is 0 Å². The molecular weight excluding hydrogens is 487 g/mol. The molecule has 5 nitrogen and oxygen atoms in total. The lowest BCUT2D eigenvalue weighted by Crippen LogP contribution is -2.56. The molecular formula is C30H21FN2O3S. The molecule has 0 aliphatic carbocycles. The molecule has 1 saturated heterocycles. The second kappa shape index (κ2) is 10.6. The van der Waals surface area contributed by atoms with Gasteiger partial charge in [0, 0.05) is 5.56 Å². The smallest absolute Gasteiger partial charge is 0.270 e. The first-order valence-electron chi connectivity index (χ1n) is 11.5. The van der Waals surface area contributed by atoms with Gasteiger partial charge in [-0.05, 0) is 66.3 Å². The Morgan fingerprint density at radius 1 is 0.703 bits per heavy atom. The first-order valence-corrected chi connectivity index (χ1v) is 11.9. The first kappa shape index (κ1) is 24.1. The Balaban J connectivity index is 1.55. The summed E-state index contributed by atoms with van der Waals surface area (Å²) in [5.74, 6) is -0.902. The fourth-order valence-corrected chi connectivity index (χ4v) is 4.34. The Kier molecular flexibility index (Phi) is 6.87. The molecule has 0 bridgehead atoms. The van der Waals surface area contributed by atoms with Crippen LogP contribution in [-0.2, 0) is 16.2 Å². The summed E-state index contributed by atoms with van der Waals surface area (Å²) in [6, 6.07) is 31.1. The molecule has 37 heavy (non-hydrogen) atoms. The second-order valence-corrected chi connectivity index (χ2v) is 8.61. The number of benzene rings is 4. The average Bonchev–Trinajstić information content (AvgIpc) is 2.92. The Morgan fingerprint density at radius 2 is 1.22 bits per heavy atom. The first-order chi connectivity index (χ1) is 18.0. The van der Waals surface area contributed by atoms with Gasteiger partial charge in [0.25, 0.3) is 11.8 Å². The number of hydrogen-bond acceptors (Lipinski definition) is 4. The van der Waals surface area contributed by atoms with Gasteiger partial charge in [-0.25, -0.2) is 4.39 Å². The highest BCUT2D eigenvalue weighted by atomic mass is 32.1. The molecule has 0 spiro atoms. The normalized spacial score (nSPS) is 13.6. The number of hydrogen-bond donors (Lipinski definition) is 0. The molecule has 4 aromatic carbocycles. The molecule has 0 atom stereocenters. The summed E-state index contributed by atoms with van der Waals surface area (Å²) in [4.78, 5) is 30.1. The number of carbonyl (C=O) groups excluding carboxylic acids is 2. The van der Waals surface area contributed by atoms with Crippen molar-refractivity contribution in [3.8, 4) is 5.75 Å². The highest BCUT2D eigenvalue weighted by molar-refractivity contribution is 7.81. The highest BCUT2D eigenvalue weighted by Crippen LogP contribution is 2.31. The fourth-order valence-electron chi connectivity index (χ4n) is 3.97. The molecule has 7 heteroatoms. The van der Waals surface area contributed by atoms with Crippen LogP contribution in [-0.4, -0.2) is 16.9 Å². The Hall–Kier alpha value is -4.62. The minimum atomic E-state index is -0.526. The molecule has 0 N–H and O–H groups in total. The van der Waals surface area contributed by atoms with E-state index in [0.717, 1.165) is 5.56 Å². The molecule has 2 amide bonds. The van der Waals surface area contributed by atoms with Gasteiger partial charge in [-0.1, -0.05) is 66.7 Å². The third-order valence-electron chi connectivity index (χ3n) is 5.80. The molecule has 1 aliphatic heterocycles. The lowest BCUT2D eigenvalue weighted by molar-refractivity contribution is -0.120. The molecule has 182 valence electrons. The van der Waals surface area contributed by atoms with E-state index >= 15 is 0 Å². The van der Waals surface area contributed by atoms with Crippen LogP contribution in [0.15, 0.2) is 115 Å². The van der Waals surface area contributed by atoms with E-state index in [-0.39, 0.29) is 23.1 Å². The van der Waals surface area contributed by atoms with Crippen molar-refractivity contribution in [2.24, 2.45) is 0 Å². The zero-order valence-corrected chi connectivity index (χ0v) is 20.4. The van der Waals surface area contributed by atoms with Crippen LogP contribution in [0, 0.1) is 5.82 Å². The summed E-state index contributed by atoms with van der Waals surface area (Å²) in [7, 11) is 0. The summed E-state index contributed by atoms with van der Waals surface area (Å²) >= 11 is 5.65. The number of halogens is 1. The number of para-hydroxylation sites is 3. The fraction of sp³-hybridized carbons (Fsp3) is 0.0333. The molecule has 1 heterocycles. The van der Waals surface area contributed by atoms with Gasteiger partial charge in [0.05, 0.1) is 11.4 Å². The van der Waals surface area contributed by atoms with Crippen LogP contribution < -0.4 is 14.5 Å². The maximum absolute atomic E-state index is 13.7. The molecule has 0 radical (unpaired) electrons. The van der Waals surface area contributed by atoms with Crippen molar-refractivity contribution in [1.82, 2.24) is 0 Å². The maximum Gasteiger partial charge on any atom is 0.270 e. The van der Waals surface area contributed by atoms with Crippen molar-refractivity contribution in [2.75, 3.05) is 9.80 Å². The predicted octanol–water partition coefficient (Wildman–Crippen LogP) is 6.15. The molecule has 4 aromatic rings. The number of ether oxygens (including phenoxy) is 1. The summed E-state index contributed by atoms with van der Waals surface area (Å²) in [5.41, 5.74) is 2.38. The van der Waals surface area contributed by atoms with Gasteiger partial charge in [-0.2, -0.15) is 0 Å². The van der Waals surface area contributed by atoms with Crippen molar-refractivity contribution in [3.63, 3.8) is 0 Å². The lowest BCUT2D eigenvalue weighted by Gasteiger charge is -2.36. The van der Waals surface area contributed by atoms with Crippen molar-refractivity contribution < 1.29 is 18.7 Å². The number of thiocarbonyl (C=S) groups is 1. The maximum atomic E-state index is 13.7. The zero-order valence-electron chi connectivity index (χ0n) is 19.6. The summed E-state index contributed by atoms with van der Waals surface area (Å²) < 4.78 is 19.2. The van der Waals surface area contributed by atoms with E-state index in [4.69, 9.17) is 17.0 Å². The Labute approximate surface area is 219 Å². The highest BCUT2D eigenvalue weighted by Gasteiger charge is 2.41. The molecule has 0 unspecified atom stereocenters. The van der Waals surface area contributed by atoms with Gasteiger partial charge in [0.1, 0.15) is 23.7 Å². The molecule has 0 saturated carbocycles. The number of amides is 2. The number of anilines is 2. The summed E-state index contributed by atoms with van der Waals surface area (Å²) in [5, 5.41) is 0.0744. The van der Waals surface area contributed by atoms with E-state index in [0.29, 0.717) is 22.7 Å². The second-order valence-electron chi connectivity index (χ2n) is 8.25. The molecule has 1 fully saturated rings. The van der Waals surface area contributed by atoms with Crippen molar-refractivity contribution in [1.29, 1.82) is 0 Å². The van der Waals surface area contributed by atoms with Crippen LogP contribution in [0.3, 0.4) is 0 Å². The van der Waals surface area contributed by atoms with Gasteiger partial charge >= 0.3 is 0 Å². The predicted molar refractivity (Wildman–Crippen MR) is 146 cm³/mol. The summed E-state index contributed by atoms with van der Waals surface area (Å²) in [6.07, 6.45) is 1.53. The number of nitrogens with zero attached hydrogens (tertiary/aromatic N) is 2. The average molecular weight is 509 g/mol. The number of carbonyl (C=O) groups is 2. The van der Waals surface area contributed by atoms with E-state index in [1.807, 2.05) is 12.1 Å². The van der Waals surface area contributed by atoms with E-state index in [1.54, 1.807) is 84.9 Å². The van der Waals surface area contributed by atoms with Gasteiger partial charge in [0.2, 0.25) is 0 Å². The summed E-state index contributed by atoms with van der Waals surface area (Å²) in [6.45, 7) is 0.193. The minimum Gasteiger partial charge on any atom is -0.488 e. The van der Waals surface area contributed by atoms with Gasteiger partial charge in [0.15, 0.2) is 5.11 Å². The monoisotopic (exact) mass is 508 g/mol. The van der Waals surface area contributed by atoms with E-state index in [2.05, 4.69) is 0 Å². The topological polar surface area (TPSA) is 49.9 Å². The van der Waals surface area contributed by atoms with E-state index in [1.165, 1.54) is 28.0 Å². The van der Waals surface area contributed by atoms with Crippen LogP contribution >= 0.6 is 12.2 Å². The van der Waals surface area contributed by atoms with Crippen molar-refractivity contribution in [2.45, 2.75) is 6.61 Å². The van der Waals surface area contributed by atoms with Crippen LogP contribution in [0.1, 0.15) is 11.1 Å². The Bertz CT molecular complexity index is 1430. The van der Waals surface area contributed by atoms with Crippen LogP contribution in [0.5, 0.6) is 5.75 Å². The molecule has 1 aliphatic rings. The van der Waals surface area contributed by atoms with Crippen LogP contribution in [0.4, 0.5) is 15.8 Å². The Morgan fingerprint density at radius 3 is 1.78 bits per heavy atom. The quantitative estimate of drug-likeness (QED) is 0.178. The van der Waals surface area contributed by atoms with Crippen molar-refractivity contribution in [3.05, 3.63) is 132 Å². The third kappa shape index (κ3) is 5.03. The minimum absolute atomic E-state index is 0.0564. The van der Waals surface area contributed by atoms with Crippen LogP contribution in [0.2, 0.25) is 0 Å². The third-order valence-corrected chi connectivity index (χ3v) is 6.17. The van der Waals surface area contributed by atoms with Gasteiger partial charge < -0.3 is 4.74 Å². The van der Waals surface area contributed by atoms with E-state index < -0.39 is 11.8 Å². The van der Waals surface area contributed by atoms with E-state index in [9.17, 15) is 14.0 Å². The largest absolute Gasteiger partial charge is 0.488 e. The van der Waals surface area contributed by atoms with Gasteiger partial charge in [-0.3, -0.25) is 19.4 Å². The number of rotatable bonds is 6. The van der Waals surface area contributed by atoms with Crippen LogP contribution in [0.25, 0.3) is 6.08 Å². The molecule has 0 aromatic heterocycles. The standard InChI is InChI=1S/C30H21FN2O3S/c31-23-17-15-21(16-18-23)20-36-27-14-8-7-9-22(27)19-26-28(34)32(24-10-3-1-4-11-24)30(37)33(29(26)35)25-12-5-2-6-13-25/h1-19H,20H2.